The minimum atomic E-state index is -0.819. The Morgan fingerprint density at radius 3 is 2.50 bits per heavy atom. The Morgan fingerprint density at radius 1 is 1.50 bits per heavy atom. The van der Waals surface area contributed by atoms with Crippen LogP contribution >= 0.6 is 11.8 Å². The molecule has 14 heavy (non-hydrogen) atoms. The van der Waals surface area contributed by atoms with Gasteiger partial charge < -0.3 is 10.1 Å². The van der Waals surface area contributed by atoms with Crippen LogP contribution in [-0.2, 0) is 14.3 Å². The van der Waals surface area contributed by atoms with Gasteiger partial charge in [-0.05, 0) is 19.1 Å². The molecule has 1 fully saturated rings. The molecule has 0 spiro atoms. The average molecular weight is 217 g/mol. The predicted octanol–water partition coefficient (Wildman–Crippen LogP) is 0.561. The highest BCUT2D eigenvalue weighted by Crippen LogP contribution is 2.42. The van der Waals surface area contributed by atoms with Gasteiger partial charge in [-0.25, -0.2) is 4.79 Å². The van der Waals surface area contributed by atoms with E-state index in [1.54, 1.807) is 11.8 Å². The van der Waals surface area contributed by atoms with Gasteiger partial charge in [0.2, 0.25) is 0 Å². The van der Waals surface area contributed by atoms with Crippen LogP contribution in [-0.4, -0.2) is 36.5 Å². The van der Waals surface area contributed by atoms with Crippen LogP contribution < -0.4 is 5.32 Å². The molecule has 1 aliphatic rings. The molecule has 1 aliphatic carbocycles. The first-order valence-corrected chi connectivity index (χ1v) is 5.77. The Balaban J connectivity index is 2.32. The number of rotatable bonds is 3. The summed E-state index contributed by atoms with van der Waals surface area (Å²) in [6.45, 7) is 0.558. The van der Waals surface area contributed by atoms with Crippen LogP contribution in [0.1, 0.15) is 19.3 Å². The molecule has 1 N–H and O–H groups in total. The van der Waals surface area contributed by atoms with Crippen LogP contribution in [0.25, 0.3) is 0 Å². The number of methoxy groups -OCH3 is 1. The van der Waals surface area contributed by atoms with Gasteiger partial charge >= 0.3 is 11.9 Å². The lowest BCUT2D eigenvalue weighted by Crippen LogP contribution is -2.47. The van der Waals surface area contributed by atoms with Gasteiger partial charge in [0.1, 0.15) is 0 Å². The maximum atomic E-state index is 11.1. The Labute approximate surface area is 87.8 Å². The minimum absolute atomic E-state index is 0.156. The van der Waals surface area contributed by atoms with E-state index in [-0.39, 0.29) is 4.75 Å². The van der Waals surface area contributed by atoms with Crippen molar-refractivity contribution in [2.24, 2.45) is 0 Å². The van der Waals surface area contributed by atoms with Gasteiger partial charge in [-0.1, -0.05) is 6.42 Å². The topological polar surface area (TPSA) is 55.4 Å². The summed E-state index contributed by atoms with van der Waals surface area (Å²) >= 11 is 1.75. The summed E-state index contributed by atoms with van der Waals surface area (Å²) in [6, 6.07) is 0. The molecular weight excluding hydrogens is 202 g/mol. The number of ether oxygens (including phenoxy) is 1. The smallest absolute Gasteiger partial charge is 0.396 e. The molecule has 0 bridgehead atoms. The van der Waals surface area contributed by atoms with E-state index in [2.05, 4.69) is 10.1 Å². The molecule has 80 valence electrons. The van der Waals surface area contributed by atoms with Crippen LogP contribution in [0.4, 0.5) is 0 Å². The van der Waals surface area contributed by atoms with Gasteiger partial charge in [0.15, 0.2) is 0 Å². The second kappa shape index (κ2) is 4.68. The second-order valence-electron chi connectivity index (χ2n) is 3.41. The molecule has 0 unspecified atom stereocenters. The Bertz CT molecular complexity index is 233. The standard InChI is InChI=1S/C9H15NO3S/c1-13-8(12)7(11)10-6-9(14-2)4-3-5-9/h3-6H2,1-2H3,(H,10,11). The summed E-state index contributed by atoms with van der Waals surface area (Å²) in [5.74, 6) is -1.46. The van der Waals surface area contributed by atoms with Gasteiger partial charge in [0.25, 0.3) is 0 Å². The summed E-state index contributed by atoms with van der Waals surface area (Å²) in [4.78, 5) is 21.9. The molecule has 0 heterocycles. The molecule has 5 heteroatoms. The van der Waals surface area contributed by atoms with E-state index in [0.717, 1.165) is 12.8 Å². The molecular formula is C9H15NO3S. The third kappa shape index (κ3) is 2.41. The number of amides is 1. The number of hydrogen-bond acceptors (Lipinski definition) is 4. The van der Waals surface area contributed by atoms with Crippen molar-refractivity contribution < 1.29 is 14.3 Å². The molecule has 0 aromatic heterocycles. The molecule has 0 atom stereocenters. The number of hydrogen-bond donors (Lipinski definition) is 1. The predicted molar refractivity (Wildman–Crippen MR) is 55.1 cm³/mol. The number of nitrogens with one attached hydrogen (secondary N) is 1. The Kier molecular flexibility index (Phi) is 3.80. The van der Waals surface area contributed by atoms with Crippen molar-refractivity contribution in [3.05, 3.63) is 0 Å². The van der Waals surface area contributed by atoms with E-state index in [4.69, 9.17) is 0 Å². The van der Waals surface area contributed by atoms with Gasteiger partial charge in [-0.15, -0.1) is 0 Å². The van der Waals surface area contributed by atoms with Crippen molar-refractivity contribution in [3.8, 4) is 0 Å². The summed E-state index contributed by atoms with van der Waals surface area (Å²) in [7, 11) is 1.20. The maximum Gasteiger partial charge on any atom is 0.396 e. The highest BCUT2D eigenvalue weighted by atomic mass is 32.2. The third-order valence-corrected chi connectivity index (χ3v) is 4.06. The Hall–Kier alpha value is -0.710. The fourth-order valence-corrected chi connectivity index (χ4v) is 2.34. The Morgan fingerprint density at radius 2 is 2.14 bits per heavy atom. The largest absolute Gasteiger partial charge is 0.462 e. The SMILES string of the molecule is COC(=O)C(=O)NCC1(SC)CCC1. The quantitative estimate of drug-likeness (QED) is 0.554. The summed E-state index contributed by atoms with van der Waals surface area (Å²) in [5.41, 5.74) is 0. The molecule has 4 nitrogen and oxygen atoms in total. The molecule has 0 saturated heterocycles. The van der Waals surface area contributed by atoms with E-state index >= 15 is 0 Å². The number of thioether (sulfide) groups is 1. The lowest BCUT2D eigenvalue weighted by atomic mass is 9.84. The van der Waals surface area contributed by atoms with Crippen molar-refractivity contribution >= 4 is 23.6 Å². The summed E-state index contributed by atoms with van der Waals surface area (Å²) in [6.07, 6.45) is 5.45. The average Bonchev–Trinajstić information content (AvgIpc) is 2.15. The third-order valence-electron chi connectivity index (χ3n) is 2.64. The summed E-state index contributed by atoms with van der Waals surface area (Å²) < 4.78 is 4.46. The minimum Gasteiger partial charge on any atom is -0.462 e. The van der Waals surface area contributed by atoms with Gasteiger partial charge in [0.05, 0.1) is 7.11 Å². The fourth-order valence-electron chi connectivity index (χ4n) is 1.43. The van der Waals surface area contributed by atoms with Crippen molar-refractivity contribution in [1.29, 1.82) is 0 Å². The van der Waals surface area contributed by atoms with E-state index in [1.165, 1.54) is 13.5 Å². The highest BCUT2D eigenvalue weighted by Gasteiger charge is 2.36. The van der Waals surface area contributed by atoms with Crippen LogP contribution in [0.3, 0.4) is 0 Å². The molecule has 0 radical (unpaired) electrons. The van der Waals surface area contributed by atoms with E-state index in [1.807, 2.05) is 6.26 Å². The first-order chi connectivity index (χ1) is 6.63. The summed E-state index contributed by atoms with van der Waals surface area (Å²) in [5, 5.41) is 2.59. The van der Waals surface area contributed by atoms with Gasteiger partial charge in [-0.3, -0.25) is 4.79 Å². The molecule has 1 saturated carbocycles. The number of carbonyl (C=O) groups is 2. The monoisotopic (exact) mass is 217 g/mol. The first-order valence-electron chi connectivity index (χ1n) is 4.55. The highest BCUT2D eigenvalue weighted by molar-refractivity contribution is 8.00. The zero-order valence-electron chi connectivity index (χ0n) is 8.46. The van der Waals surface area contributed by atoms with Crippen molar-refractivity contribution in [1.82, 2.24) is 5.32 Å². The second-order valence-corrected chi connectivity index (χ2v) is 4.69. The van der Waals surface area contributed by atoms with E-state index in [0.29, 0.717) is 6.54 Å². The number of esters is 1. The van der Waals surface area contributed by atoms with Crippen LogP contribution in [0.15, 0.2) is 0 Å². The van der Waals surface area contributed by atoms with Crippen LogP contribution in [0, 0.1) is 0 Å². The zero-order chi connectivity index (χ0) is 10.6. The fraction of sp³-hybridized carbons (Fsp3) is 0.778. The van der Waals surface area contributed by atoms with E-state index in [9.17, 15) is 9.59 Å². The van der Waals surface area contributed by atoms with Crippen LogP contribution in [0.2, 0.25) is 0 Å². The zero-order valence-corrected chi connectivity index (χ0v) is 9.28. The molecule has 0 aromatic carbocycles. The van der Waals surface area contributed by atoms with Gasteiger partial charge in [0, 0.05) is 11.3 Å². The molecule has 1 amide bonds. The maximum absolute atomic E-state index is 11.1. The molecule has 0 aliphatic heterocycles. The lowest BCUT2D eigenvalue weighted by Gasteiger charge is -2.40. The van der Waals surface area contributed by atoms with Gasteiger partial charge in [-0.2, -0.15) is 11.8 Å². The lowest BCUT2D eigenvalue weighted by molar-refractivity contribution is -0.152. The normalized spacial score (nSPS) is 18.1. The van der Waals surface area contributed by atoms with E-state index < -0.39 is 11.9 Å². The first kappa shape index (κ1) is 11.4. The van der Waals surface area contributed by atoms with Crippen LogP contribution in [0.5, 0.6) is 0 Å². The van der Waals surface area contributed by atoms with Crippen molar-refractivity contribution in [3.63, 3.8) is 0 Å². The molecule has 0 aromatic rings. The number of carbonyl (C=O) groups excluding carboxylic acids is 2. The molecule has 1 rings (SSSR count). The van der Waals surface area contributed by atoms with Crippen molar-refractivity contribution in [2.45, 2.75) is 24.0 Å². The van der Waals surface area contributed by atoms with Crippen molar-refractivity contribution in [2.75, 3.05) is 19.9 Å².